The van der Waals surface area contributed by atoms with Crippen LogP contribution in [0.5, 0.6) is 0 Å². The second-order valence-electron chi connectivity index (χ2n) is 4.13. The Bertz CT molecular complexity index is 351. The lowest BCUT2D eigenvalue weighted by Crippen LogP contribution is -2.37. The number of fused-ring (bicyclic) bond motifs is 1. The van der Waals surface area contributed by atoms with Gasteiger partial charge in [-0.2, -0.15) is 0 Å². The van der Waals surface area contributed by atoms with Gasteiger partial charge < -0.3 is 10.6 Å². The first-order valence-electron chi connectivity index (χ1n) is 5.43. The molecule has 2 N–H and O–H groups in total. The average molecular weight is 222 g/mol. The molecule has 1 aliphatic heterocycles. The van der Waals surface area contributed by atoms with Crippen molar-refractivity contribution in [3.63, 3.8) is 0 Å². The number of aryl methyl sites for hydroxylation is 1. The van der Waals surface area contributed by atoms with Gasteiger partial charge in [0, 0.05) is 29.8 Å². The zero-order valence-corrected chi connectivity index (χ0v) is 10.2. The summed E-state index contributed by atoms with van der Waals surface area (Å²) in [5.74, 6) is 0. The lowest BCUT2D eigenvalue weighted by atomic mass is 10.2. The van der Waals surface area contributed by atoms with E-state index >= 15 is 0 Å². The molecule has 0 saturated carbocycles. The third kappa shape index (κ3) is 2.29. The minimum absolute atomic E-state index is 0.659. The first kappa shape index (κ1) is 10.8. The van der Waals surface area contributed by atoms with Gasteiger partial charge in [0.2, 0.25) is 0 Å². The van der Waals surface area contributed by atoms with Gasteiger partial charge in [-0.1, -0.05) is 13.0 Å². The summed E-state index contributed by atoms with van der Waals surface area (Å²) in [6.07, 6.45) is 0. The highest BCUT2D eigenvalue weighted by molar-refractivity contribution is 8.00. The van der Waals surface area contributed by atoms with E-state index in [1.165, 1.54) is 16.1 Å². The number of benzene rings is 1. The van der Waals surface area contributed by atoms with E-state index in [-0.39, 0.29) is 0 Å². The van der Waals surface area contributed by atoms with Crippen LogP contribution in [0.15, 0.2) is 23.1 Å². The van der Waals surface area contributed by atoms with Crippen LogP contribution in [-0.2, 0) is 0 Å². The molecule has 82 valence electrons. The lowest BCUT2D eigenvalue weighted by Gasteiger charge is -2.34. The van der Waals surface area contributed by atoms with Crippen LogP contribution in [0.25, 0.3) is 0 Å². The predicted octanol–water partition coefficient (Wildman–Crippen LogP) is 2.25. The molecule has 1 atom stereocenters. The van der Waals surface area contributed by atoms with Crippen molar-refractivity contribution in [3.05, 3.63) is 23.8 Å². The quantitative estimate of drug-likeness (QED) is 0.832. The van der Waals surface area contributed by atoms with Crippen molar-refractivity contribution in [2.45, 2.75) is 24.0 Å². The summed E-state index contributed by atoms with van der Waals surface area (Å²) in [5.41, 5.74) is 8.34. The highest BCUT2D eigenvalue weighted by Gasteiger charge is 2.21. The SMILES string of the molecule is Cc1ccc2c(c1)N(CCN)CC(C)S2. The van der Waals surface area contributed by atoms with E-state index in [2.05, 4.69) is 36.9 Å². The van der Waals surface area contributed by atoms with Gasteiger partial charge in [-0.25, -0.2) is 0 Å². The second-order valence-corrected chi connectivity index (χ2v) is 5.61. The minimum atomic E-state index is 0.659. The number of hydrogen-bond acceptors (Lipinski definition) is 3. The molecular formula is C12H18N2S. The fraction of sp³-hybridized carbons (Fsp3) is 0.500. The molecule has 0 fully saturated rings. The van der Waals surface area contributed by atoms with E-state index in [0.717, 1.165) is 19.6 Å². The number of anilines is 1. The summed E-state index contributed by atoms with van der Waals surface area (Å²) in [6.45, 7) is 7.21. The predicted molar refractivity (Wildman–Crippen MR) is 67.8 cm³/mol. The maximum absolute atomic E-state index is 5.65. The number of thioether (sulfide) groups is 1. The molecule has 1 aromatic rings. The summed E-state index contributed by atoms with van der Waals surface area (Å²) >= 11 is 1.97. The topological polar surface area (TPSA) is 29.3 Å². The maximum Gasteiger partial charge on any atom is 0.0507 e. The van der Waals surface area contributed by atoms with Crippen LogP contribution in [0.1, 0.15) is 12.5 Å². The molecule has 0 spiro atoms. The Labute approximate surface area is 95.8 Å². The molecule has 2 nitrogen and oxygen atoms in total. The van der Waals surface area contributed by atoms with Gasteiger partial charge in [0.05, 0.1) is 5.69 Å². The summed E-state index contributed by atoms with van der Waals surface area (Å²) in [5, 5.41) is 0.659. The van der Waals surface area contributed by atoms with Crippen molar-refractivity contribution in [1.29, 1.82) is 0 Å². The lowest BCUT2D eigenvalue weighted by molar-refractivity contribution is 0.753. The monoisotopic (exact) mass is 222 g/mol. The van der Waals surface area contributed by atoms with Gasteiger partial charge in [0.15, 0.2) is 0 Å². The molecule has 0 bridgehead atoms. The Morgan fingerprint density at radius 1 is 1.53 bits per heavy atom. The second kappa shape index (κ2) is 4.45. The Hall–Kier alpha value is -0.670. The van der Waals surface area contributed by atoms with Crippen LogP contribution in [0.2, 0.25) is 0 Å². The van der Waals surface area contributed by atoms with Gasteiger partial charge in [0.1, 0.15) is 0 Å². The van der Waals surface area contributed by atoms with E-state index in [9.17, 15) is 0 Å². The van der Waals surface area contributed by atoms with Crippen LogP contribution >= 0.6 is 11.8 Å². The molecular weight excluding hydrogens is 204 g/mol. The van der Waals surface area contributed by atoms with Gasteiger partial charge in [-0.15, -0.1) is 11.8 Å². The Morgan fingerprint density at radius 2 is 2.33 bits per heavy atom. The highest BCUT2D eigenvalue weighted by atomic mass is 32.2. The molecule has 1 unspecified atom stereocenters. The first-order chi connectivity index (χ1) is 7.20. The third-order valence-electron chi connectivity index (χ3n) is 2.66. The van der Waals surface area contributed by atoms with Crippen LogP contribution in [0.3, 0.4) is 0 Å². The van der Waals surface area contributed by atoms with Crippen LogP contribution in [-0.4, -0.2) is 24.9 Å². The molecule has 3 heteroatoms. The fourth-order valence-electron chi connectivity index (χ4n) is 2.00. The summed E-state index contributed by atoms with van der Waals surface area (Å²) in [4.78, 5) is 3.80. The van der Waals surface area contributed by atoms with Crippen LogP contribution in [0, 0.1) is 6.92 Å². The molecule has 1 aliphatic rings. The molecule has 1 heterocycles. The van der Waals surface area contributed by atoms with Gasteiger partial charge >= 0.3 is 0 Å². The molecule has 0 aliphatic carbocycles. The van der Waals surface area contributed by atoms with E-state index in [1.807, 2.05) is 11.8 Å². The molecule has 1 aromatic carbocycles. The maximum atomic E-state index is 5.65. The Balaban J connectivity index is 2.34. The standard InChI is InChI=1S/C12H18N2S/c1-9-3-4-12-11(7-9)14(6-5-13)8-10(2)15-12/h3-4,7,10H,5-6,8,13H2,1-2H3. The number of rotatable bonds is 2. The zero-order chi connectivity index (χ0) is 10.8. The van der Waals surface area contributed by atoms with E-state index in [1.54, 1.807) is 0 Å². The van der Waals surface area contributed by atoms with Crippen molar-refractivity contribution in [2.75, 3.05) is 24.5 Å². The van der Waals surface area contributed by atoms with E-state index in [0.29, 0.717) is 5.25 Å². The number of nitrogens with zero attached hydrogens (tertiary/aromatic N) is 1. The summed E-state index contributed by atoms with van der Waals surface area (Å²) in [6, 6.07) is 6.68. The van der Waals surface area contributed by atoms with Crippen molar-refractivity contribution in [3.8, 4) is 0 Å². The first-order valence-corrected chi connectivity index (χ1v) is 6.31. The number of hydrogen-bond donors (Lipinski definition) is 1. The van der Waals surface area contributed by atoms with E-state index < -0.39 is 0 Å². The Morgan fingerprint density at radius 3 is 3.07 bits per heavy atom. The molecule has 0 amide bonds. The summed E-state index contributed by atoms with van der Waals surface area (Å²) in [7, 11) is 0. The molecule has 0 radical (unpaired) electrons. The summed E-state index contributed by atoms with van der Waals surface area (Å²) < 4.78 is 0. The van der Waals surface area contributed by atoms with Crippen LogP contribution in [0.4, 0.5) is 5.69 Å². The van der Waals surface area contributed by atoms with Crippen molar-refractivity contribution in [2.24, 2.45) is 5.73 Å². The average Bonchev–Trinajstić information content (AvgIpc) is 2.19. The van der Waals surface area contributed by atoms with Crippen molar-refractivity contribution >= 4 is 17.4 Å². The third-order valence-corrected chi connectivity index (χ3v) is 3.81. The van der Waals surface area contributed by atoms with Crippen molar-refractivity contribution < 1.29 is 0 Å². The van der Waals surface area contributed by atoms with Crippen LogP contribution < -0.4 is 10.6 Å². The molecule has 0 saturated heterocycles. The van der Waals surface area contributed by atoms with Gasteiger partial charge in [-0.3, -0.25) is 0 Å². The Kier molecular flexibility index (Phi) is 3.22. The highest BCUT2D eigenvalue weighted by Crippen LogP contribution is 2.38. The van der Waals surface area contributed by atoms with Crippen molar-refractivity contribution in [1.82, 2.24) is 0 Å². The molecule has 0 aromatic heterocycles. The zero-order valence-electron chi connectivity index (χ0n) is 9.36. The van der Waals surface area contributed by atoms with Gasteiger partial charge in [0.25, 0.3) is 0 Å². The molecule has 2 rings (SSSR count). The minimum Gasteiger partial charge on any atom is -0.368 e. The fourth-order valence-corrected chi connectivity index (χ4v) is 3.15. The number of nitrogens with two attached hydrogens (primary N) is 1. The van der Waals surface area contributed by atoms with Gasteiger partial charge in [-0.05, 0) is 24.6 Å². The smallest absolute Gasteiger partial charge is 0.0507 e. The normalized spacial score (nSPS) is 20.2. The largest absolute Gasteiger partial charge is 0.368 e. The molecule has 15 heavy (non-hydrogen) atoms. The van der Waals surface area contributed by atoms with E-state index in [4.69, 9.17) is 5.73 Å².